The van der Waals surface area contributed by atoms with Gasteiger partial charge in [-0.1, -0.05) is 31.4 Å². The smallest absolute Gasteiger partial charge is 0.415 e. The first-order chi connectivity index (χ1) is 18.8. The number of alkyl halides is 3. The molecule has 0 spiro atoms. The zero-order valence-corrected chi connectivity index (χ0v) is 25.5. The molecule has 1 N–H and O–H groups in total. The summed E-state index contributed by atoms with van der Waals surface area (Å²) in [5, 5.41) is 10.5. The monoisotopic (exact) mass is 579 g/mol. The average molecular weight is 580 g/mol. The zero-order valence-electron chi connectivity index (χ0n) is 25.5. The van der Waals surface area contributed by atoms with Crippen LogP contribution in [0.2, 0.25) is 0 Å². The number of nitrogens with zero attached hydrogens (tertiary/aromatic N) is 1. The van der Waals surface area contributed by atoms with Crippen molar-refractivity contribution in [3.63, 3.8) is 0 Å². The van der Waals surface area contributed by atoms with Crippen LogP contribution in [0.5, 0.6) is 5.75 Å². The van der Waals surface area contributed by atoms with E-state index in [0.29, 0.717) is 66.8 Å². The molecule has 0 amide bonds. The molecule has 1 aromatic rings. The first-order valence-electron chi connectivity index (χ1n) is 13.8. The number of likely N-dealkylation sites (N-methyl/N-ethyl adjacent to an activating group) is 1. The molecule has 0 bridgehead atoms. The van der Waals surface area contributed by atoms with Crippen LogP contribution in [0.15, 0.2) is 59.9 Å². The lowest BCUT2D eigenvalue weighted by atomic mass is 9.85. The molecule has 41 heavy (non-hydrogen) atoms. The van der Waals surface area contributed by atoms with E-state index < -0.39 is 29.3 Å². The molecular formula is C33H45F4NO3. The Bertz CT molecular complexity index is 1220. The Morgan fingerprint density at radius 2 is 1.83 bits per heavy atom. The third-order valence-electron chi connectivity index (χ3n) is 6.98. The Labute approximate surface area is 242 Å². The Hall–Kier alpha value is -2.84. The lowest BCUT2D eigenvalue weighted by molar-refractivity contribution is -0.0879. The minimum absolute atomic E-state index is 0.168. The Kier molecular flexibility index (Phi) is 11.6. The number of halogens is 4. The number of aliphatic hydroxyl groups excluding tert-OH is 1. The highest BCUT2D eigenvalue weighted by Crippen LogP contribution is 2.40. The molecule has 0 aliphatic carbocycles. The predicted molar refractivity (Wildman–Crippen MR) is 159 cm³/mol. The van der Waals surface area contributed by atoms with Gasteiger partial charge >= 0.3 is 6.18 Å². The third kappa shape index (κ3) is 9.60. The zero-order chi connectivity index (χ0) is 31.3. The molecule has 0 radical (unpaired) electrons. The van der Waals surface area contributed by atoms with Crippen molar-refractivity contribution in [3.8, 4) is 5.75 Å². The summed E-state index contributed by atoms with van der Waals surface area (Å²) in [5.41, 5.74) is 3.48. The van der Waals surface area contributed by atoms with Crippen molar-refractivity contribution in [2.45, 2.75) is 85.1 Å². The molecule has 0 saturated heterocycles. The second kappa shape index (κ2) is 13.9. The van der Waals surface area contributed by atoms with E-state index >= 15 is 4.39 Å². The van der Waals surface area contributed by atoms with Crippen LogP contribution in [-0.4, -0.2) is 54.6 Å². The number of fused-ring (bicyclic) bond motifs is 1. The van der Waals surface area contributed by atoms with Gasteiger partial charge in [-0.25, -0.2) is 4.39 Å². The molecule has 1 aliphatic rings. The van der Waals surface area contributed by atoms with Crippen LogP contribution in [-0.2, 0) is 11.2 Å². The molecular weight excluding hydrogens is 534 g/mol. The summed E-state index contributed by atoms with van der Waals surface area (Å²) < 4.78 is 65.5. The Balaban J connectivity index is 2.42. The lowest BCUT2D eigenvalue weighted by Gasteiger charge is -2.31. The molecule has 1 aromatic carbocycles. The van der Waals surface area contributed by atoms with Crippen molar-refractivity contribution < 1.29 is 32.1 Å². The van der Waals surface area contributed by atoms with Crippen LogP contribution in [0.25, 0.3) is 5.57 Å². The topological polar surface area (TPSA) is 41.9 Å². The summed E-state index contributed by atoms with van der Waals surface area (Å²) in [6.45, 7) is 23.7. The van der Waals surface area contributed by atoms with Gasteiger partial charge < -0.3 is 19.5 Å². The van der Waals surface area contributed by atoms with Crippen molar-refractivity contribution in [3.05, 3.63) is 82.4 Å². The number of rotatable bonds is 12. The van der Waals surface area contributed by atoms with Gasteiger partial charge in [-0.15, -0.1) is 0 Å². The standard InChI is InChI=1S/C33H45F4NO3/c1-20(17-22(3)33(35,36)37)13-11-15-38(10)19-21(2)29(24(5)30(25(6)39)41-32(7,8)9)27-18-28(34)31-26(23(27)4)14-12-16-40-31/h17-18,30,39H,2-3,6,11-16,19H2,1,4-5,7-10H3/b20-17+,29-24-/t30-/m0/s1. The van der Waals surface area contributed by atoms with Gasteiger partial charge in [0.2, 0.25) is 0 Å². The molecule has 4 nitrogen and oxygen atoms in total. The SMILES string of the molecule is C=C(CN(C)CCC/C(C)=C/C(=C)C(F)(F)F)/C(=C(\C)[C@H](OC(C)(C)C)C(=C)O)c1cc(F)c2c(c1C)CCCO2. The van der Waals surface area contributed by atoms with Crippen LogP contribution >= 0.6 is 0 Å². The summed E-state index contributed by atoms with van der Waals surface area (Å²) in [6.07, 6.45) is -1.63. The summed E-state index contributed by atoms with van der Waals surface area (Å²) in [6, 6.07) is 1.46. The van der Waals surface area contributed by atoms with Crippen LogP contribution in [0.3, 0.4) is 0 Å². The average Bonchev–Trinajstić information content (AvgIpc) is 2.84. The quantitative estimate of drug-likeness (QED) is 0.153. The van der Waals surface area contributed by atoms with E-state index in [1.165, 1.54) is 6.07 Å². The summed E-state index contributed by atoms with van der Waals surface area (Å²) in [5.74, 6) is -0.341. The minimum atomic E-state index is -4.44. The number of ether oxygens (including phenoxy) is 2. The molecule has 228 valence electrons. The second-order valence-electron chi connectivity index (χ2n) is 11.9. The van der Waals surface area contributed by atoms with E-state index in [0.717, 1.165) is 23.6 Å². The van der Waals surface area contributed by atoms with E-state index in [4.69, 9.17) is 9.47 Å². The van der Waals surface area contributed by atoms with Crippen molar-refractivity contribution in [1.29, 1.82) is 0 Å². The minimum Gasteiger partial charge on any atom is -0.510 e. The third-order valence-corrected chi connectivity index (χ3v) is 6.98. The molecule has 1 atom stereocenters. The van der Waals surface area contributed by atoms with Gasteiger partial charge in [-0.05, 0) is 115 Å². The van der Waals surface area contributed by atoms with Crippen LogP contribution in [0.4, 0.5) is 17.6 Å². The highest BCUT2D eigenvalue weighted by molar-refractivity contribution is 5.84. The fraction of sp³-hybridized carbons (Fsp3) is 0.515. The molecule has 0 saturated carbocycles. The fourth-order valence-corrected chi connectivity index (χ4v) is 5.05. The number of hydrogen-bond acceptors (Lipinski definition) is 4. The molecule has 0 fully saturated rings. The van der Waals surface area contributed by atoms with E-state index in [9.17, 15) is 18.3 Å². The van der Waals surface area contributed by atoms with Crippen molar-refractivity contribution >= 4 is 5.57 Å². The fourth-order valence-electron chi connectivity index (χ4n) is 5.05. The normalized spacial score (nSPS) is 15.7. The van der Waals surface area contributed by atoms with Crippen LogP contribution in [0, 0.1) is 12.7 Å². The number of aliphatic hydroxyl groups is 1. The van der Waals surface area contributed by atoms with Gasteiger partial charge in [0.1, 0.15) is 11.9 Å². The highest BCUT2D eigenvalue weighted by atomic mass is 19.4. The summed E-state index contributed by atoms with van der Waals surface area (Å²) in [4.78, 5) is 2.02. The molecule has 0 unspecified atom stereocenters. The second-order valence-corrected chi connectivity index (χ2v) is 11.9. The molecule has 8 heteroatoms. The van der Waals surface area contributed by atoms with Crippen LogP contribution < -0.4 is 4.74 Å². The molecule has 1 heterocycles. The summed E-state index contributed by atoms with van der Waals surface area (Å²) in [7, 11) is 1.90. The van der Waals surface area contributed by atoms with Crippen molar-refractivity contribution in [1.82, 2.24) is 4.90 Å². The largest absolute Gasteiger partial charge is 0.510 e. The molecule has 2 rings (SSSR count). The van der Waals surface area contributed by atoms with Gasteiger partial charge in [0.05, 0.1) is 12.2 Å². The van der Waals surface area contributed by atoms with Gasteiger partial charge in [0.25, 0.3) is 0 Å². The van der Waals surface area contributed by atoms with Gasteiger partial charge in [0, 0.05) is 17.7 Å². The molecule has 1 aliphatic heterocycles. The predicted octanol–water partition coefficient (Wildman–Crippen LogP) is 8.82. The van der Waals surface area contributed by atoms with Crippen molar-refractivity contribution in [2.75, 3.05) is 26.7 Å². The van der Waals surface area contributed by atoms with Gasteiger partial charge in [-0.2, -0.15) is 13.2 Å². The van der Waals surface area contributed by atoms with Crippen molar-refractivity contribution in [2.24, 2.45) is 0 Å². The van der Waals surface area contributed by atoms with Gasteiger partial charge in [0.15, 0.2) is 11.6 Å². The highest BCUT2D eigenvalue weighted by Gasteiger charge is 2.31. The first-order valence-corrected chi connectivity index (χ1v) is 13.8. The first kappa shape index (κ1) is 34.4. The van der Waals surface area contributed by atoms with Gasteiger partial charge in [-0.3, -0.25) is 0 Å². The Morgan fingerprint density at radius 3 is 2.39 bits per heavy atom. The van der Waals surface area contributed by atoms with E-state index in [2.05, 4.69) is 19.7 Å². The number of benzene rings is 1. The number of allylic oxidation sites excluding steroid dienone is 3. The van der Waals surface area contributed by atoms with E-state index in [1.807, 2.05) is 46.6 Å². The maximum atomic E-state index is 15.3. The lowest BCUT2D eigenvalue weighted by Crippen LogP contribution is -2.30. The maximum Gasteiger partial charge on any atom is 0.415 e. The van der Waals surface area contributed by atoms with E-state index in [-0.39, 0.29) is 11.5 Å². The molecule has 0 aromatic heterocycles. The van der Waals surface area contributed by atoms with E-state index in [1.54, 1.807) is 6.92 Å². The maximum absolute atomic E-state index is 15.3. The number of hydrogen-bond donors (Lipinski definition) is 1. The summed E-state index contributed by atoms with van der Waals surface area (Å²) >= 11 is 0. The Morgan fingerprint density at radius 1 is 1.20 bits per heavy atom. The van der Waals surface area contributed by atoms with Crippen LogP contribution in [0.1, 0.15) is 70.6 Å².